The molecule has 37 heavy (non-hydrogen) atoms. The van der Waals surface area contributed by atoms with Crippen molar-refractivity contribution in [3.8, 4) is 16.9 Å². The molecular weight excluding hydrogens is 509 g/mol. The molecule has 0 aliphatic carbocycles. The van der Waals surface area contributed by atoms with Gasteiger partial charge < -0.3 is 16.4 Å². The number of nitrogens with one attached hydrogen (secondary N) is 2. The Morgan fingerprint density at radius 3 is 2.49 bits per heavy atom. The molecule has 2 amide bonds. The second-order valence-electron chi connectivity index (χ2n) is 7.89. The average molecular weight is 529 g/mol. The molecule has 0 saturated heterocycles. The summed E-state index contributed by atoms with van der Waals surface area (Å²) in [5, 5.41) is 8.98. The average Bonchev–Trinajstić information content (AvgIpc) is 3.32. The molecule has 0 aliphatic rings. The molecule has 2 aromatic heterocycles. The number of aromatic nitrogens is 3. The maximum atomic E-state index is 14.2. The zero-order valence-electron chi connectivity index (χ0n) is 19.1. The molecule has 2 heterocycles. The Bertz CT molecular complexity index is 1450. The summed E-state index contributed by atoms with van der Waals surface area (Å²) in [4.78, 5) is 29.7. The Morgan fingerprint density at radius 1 is 1.03 bits per heavy atom. The van der Waals surface area contributed by atoms with Crippen LogP contribution in [0.25, 0.3) is 16.9 Å². The van der Waals surface area contributed by atoms with Gasteiger partial charge in [-0.2, -0.15) is 5.10 Å². The van der Waals surface area contributed by atoms with Crippen molar-refractivity contribution in [3.63, 3.8) is 0 Å². The third kappa shape index (κ3) is 5.96. The van der Waals surface area contributed by atoms with Crippen LogP contribution in [0.2, 0.25) is 5.02 Å². The van der Waals surface area contributed by atoms with E-state index in [1.54, 1.807) is 30.3 Å². The number of anilines is 1. The van der Waals surface area contributed by atoms with Crippen LogP contribution in [0.5, 0.6) is 0 Å². The maximum absolute atomic E-state index is 14.2. The highest BCUT2D eigenvalue weighted by molar-refractivity contribution is 6.34. The Kier molecular flexibility index (Phi) is 7.55. The van der Waals surface area contributed by atoms with Gasteiger partial charge in [-0.1, -0.05) is 35.9 Å². The van der Waals surface area contributed by atoms with Gasteiger partial charge in [-0.05, 0) is 36.4 Å². The van der Waals surface area contributed by atoms with E-state index in [0.717, 1.165) is 0 Å². The Morgan fingerprint density at radius 2 is 1.78 bits per heavy atom. The van der Waals surface area contributed by atoms with Gasteiger partial charge in [0.2, 0.25) is 0 Å². The number of halogens is 4. The molecule has 190 valence electrons. The fourth-order valence-electron chi connectivity index (χ4n) is 3.35. The summed E-state index contributed by atoms with van der Waals surface area (Å²) < 4.78 is 42.5. The lowest BCUT2D eigenvalue weighted by Crippen LogP contribution is -2.41. The molecule has 4 rings (SSSR count). The van der Waals surface area contributed by atoms with Crippen LogP contribution in [0.1, 0.15) is 20.8 Å². The van der Waals surface area contributed by atoms with E-state index in [2.05, 4.69) is 20.7 Å². The number of nitrogens with zero attached hydrogens (tertiary/aromatic N) is 3. The molecule has 0 atom stereocenters. The Balaban J connectivity index is 1.66. The van der Waals surface area contributed by atoms with Gasteiger partial charge >= 0.3 is 0 Å². The third-order valence-electron chi connectivity index (χ3n) is 5.23. The van der Waals surface area contributed by atoms with Crippen molar-refractivity contribution < 1.29 is 22.8 Å². The van der Waals surface area contributed by atoms with E-state index in [9.17, 15) is 22.8 Å². The van der Waals surface area contributed by atoms with E-state index >= 15 is 0 Å². The first kappa shape index (κ1) is 25.9. The van der Waals surface area contributed by atoms with E-state index in [0.29, 0.717) is 11.3 Å². The first-order chi connectivity index (χ1) is 17.7. The summed E-state index contributed by atoms with van der Waals surface area (Å²) in [5.41, 5.74) is 5.65. The van der Waals surface area contributed by atoms with Gasteiger partial charge in [-0.25, -0.2) is 17.9 Å². The van der Waals surface area contributed by atoms with Crippen molar-refractivity contribution in [1.29, 1.82) is 0 Å². The lowest BCUT2D eigenvalue weighted by molar-refractivity contribution is 0.0118. The lowest BCUT2D eigenvalue weighted by atomic mass is 10.1. The van der Waals surface area contributed by atoms with Crippen molar-refractivity contribution in [2.45, 2.75) is 5.92 Å². The van der Waals surface area contributed by atoms with E-state index in [-0.39, 0.29) is 27.8 Å². The van der Waals surface area contributed by atoms with Crippen LogP contribution in [0, 0.1) is 5.82 Å². The predicted octanol–water partition coefficient (Wildman–Crippen LogP) is 4.30. The number of hydrogen-bond acceptors (Lipinski definition) is 5. The summed E-state index contributed by atoms with van der Waals surface area (Å²) in [6.07, 6.45) is 1.42. The molecule has 8 nitrogen and oxygen atoms in total. The largest absolute Gasteiger partial charge is 0.345 e. The first-order valence-electron chi connectivity index (χ1n) is 10.9. The fraction of sp³-hybridized carbons (Fsp3) is 0.120. The van der Waals surface area contributed by atoms with Crippen molar-refractivity contribution in [1.82, 2.24) is 20.1 Å². The second-order valence-corrected chi connectivity index (χ2v) is 8.29. The molecule has 0 fully saturated rings. The molecule has 0 bridgehead atoms. The summed E-state index contributed by atoms with van der Waals surface area (Å²) in [7, 11) is 0. The number of pyridine rings is 1. The van der Waals surface area contributed by atoms with Gasteiger partial charge in [0.05, 0.1) is 29.4 Å². The standard InChI is InChI=1S/C25H20ClF3N6O2/c26-18-9-8-15(22-19(27)7-4-10-31-22)11-17(18)23(36)33-21-12-20(24(37)32-14-25(28,29)13-30)34-35(21)16-5-2-1-3-6-16/h1-12H,13-14,30H2,(H,32,37)(H,33,36). The van der Waals surface area contributed by atoms with Crippen molar-refractivity contribution in [2.75, 3.05) is 18.4 Å². The lowest BCUT2D eigenvalue weighted by Gasteiger charge is -2.13. The van der Waals surface area contributed by atoms with Crippen molar-refractivity contribution in [2.24, 2.45) is 5.73 Å². The molecule has 0 radical (unpaired) electrons. The van der Waals surface area contributed by atoms with Gasteiger partial charge in [-0.15, -0.1) is 0 Å². The number of benzene rings is 2. The van der Waals surface area contributed by atoms with Crippen LogP contribution in [0.4, 0.5) is 19.0 Å². The number of carbonyl (C=O) groups excluding carboxylic acids is 2. The maximum Gasteiger partial charge on any atom is 0.277 e. The summed E-state index contributed by atoms with van der Waals surface area (Å²) in [5.74, 6) is -5.36. The number of carbonyl (C=O) groups is 2. The van der Waals surface area contributed by atoms with E-state index in [4.69, 9.17) is 17.3 Å². The van der Waals surface area contributed by atoms with Crippen LogP contribution < -0.4 is 16.4 Å². The van der Waals surface area contributed by atoms with Crippen LogP contribution in [0.15, 0.2) is 72.9 Å². The van der Waals surface area contributed by atoms with E-state index in [1.165, 1.54) is 47.3 Å². The number of para-hydroxylation sites is 1. The molecule has 0 spiro atoms. The molecule has 0 saturated carbocycles. The van der Waals surface area contributed by atoms with Crippen LogP contribution in [-0.4, -0.2) is 45.6 Å². The Hall–Kier alpha value is -4.22. The van der Waals surface area contributed by atoms with Gasteiger partial charge in [-0.3, -0.25) is 14.6 Å². The quantitative estimate of drug-likeness (QED) is 0.315. The number of hydrogen-bond donors (Lipinski definition) is 3. The molecule has 4 aromatic rings. The van der Waals surface area contributed by atoms with Crippen LogP contribution >= 0.6 is 11.6 Å². The van der Waals surface area contributed by atoms with Crippen molar-refractivity contribution >= 4 is 29.2 Å². The molecule has 4 N–H and O–H groups in total. The highest BCUT2D eigenvalue weighted by Gasteiger charge is 2.28. The molecule has 0 aliphatic heterocycles. The predicted molar refractivity (Wildman–Crippen MR) is 132 cm³/mol. The van der Waals surface area contributed by atoms with Gasteiger partial charge in [0.15, 0.2) is 5.69 Å². The fourth-order valence-corrected chi connectivity index (χ4v) is 3.55. The smallest absolute Gasteiger partial charge is 0.277 e. The SMILES string of the molecule is NCC(F)(F)CNC(=O)c1cc(NC(=O)c2cc(-c3ncccc3F)ccc2Cl)n(-c2ccccc2)n1. The van der Waals surface area contributed by atoms with Crippen molar-refractivity contribution in [3.05, 3.63) is 95.0 Å². The first-order valence-corrected chi connectivity index (χ1v) is 11.3. The Labute approximate surface area is 214 Å². The monoisotopic (exact) mass is 528 g/mol. The molecule has 12 heteroatoms. The summed E-state index contributed by atoms with van der Waals surface area (Å²) in [6, 6.07) is 16.8. The van der Waals surface area contributed by atoms with E-state index < -0.39 is 36.6 Å². The minimum absolute atomic E-state index is 0.0126. The topological polar surface area (TPSA) is 115 Å². The summed E-state index contributed by atoms with van der Waals surface area (Å²) in [6.45, 7) is -1.91. The third-order valence-corrected chi connectivity index (χ3v) is 5.56. The number of rotatable bonds is 8. The van der Waals surface area contributed by atoms with Gasteiger partial charge in [0.25, 0.3) is 17.7 Å². The number of alkyl halides is 2. The minimum atomic E-state index is -3.29. The highest BCUT2D eigenvalue weighted by atomic mass is 35.5. The number of amides is 2. The molecular formula is C25H20ClF3N6O2. The summed E-state index contributed by atoms with van der Waals surface area (Å²) >= 11 is 6.25. The molecule has 0 unspecified atom stereocenters. The minimum Gasteiger partial charge on any atom is -0.345 e. The normalized spacial score (nSPS) is 11.3. The van der Waals surface area contributed by atoms with Crippen LogP contribution in [-0.2, 0) is 0 Å². The molecule has 2 aromatic carbocycles. The van der Waals surface area contributed by atoms with E-state index in [1.807, 2.05) is 0 Å². The van der Waals surface area contributed by atoms with Gasteiger partial charge in [0.1, 0.15) is 17.3 Å². The number of nitrogens with two attached hydrogens (primary N) is 1. The van der Waals surface area contributed by atoms with Gasteiger partial charge in [0, 0.05) is 17.8 Å². The zero-order valence-corrected chi connectivity index (χ0v) is 19.8. The highest BCUT2D eigenvalue weighted by Crippen LogP contribution is 2.27. The van der Waals surface area contributed by atoms with Crippen LogP contribution in [0.3, 0.4) is 0 Å². The zero-order chi connectivity index (χ0) is 26.6. The second kappa shape index (κ2) is 10.8.